The van der Waals surface area contributed by atoms with Crippen LogP contribution in [0.5, 0.6) is 0 Å². The molecule has 0 saturated carbocycles. The van der Waals surface area contributed by atoms with Crippen molar-refractivity contribution in [2.45, 2.75) is 12.5 Å². The maximum absolute atomic E-state index is 6.16. The summed E-state index contributed by atoms with van der Waals surface area (Å²) in [5.74, 6) is 5.63. The first-order valence-electron chi connectivity index (χ1n) is 5.86. The van der Waals surface area contributed by atoms with Crippen molar-refractivity contribution in [1.82, 2.24) is 5.43 Å². The molecular weight excluding hydrogens is 281 g/mol. The van der Waals surface area contributed by atoms with Crippen LogP contribution in [-0.4, -0.2) is 0 Å². The molecule has 0 saturated heterocycles. The third-order valence-corrected chi connectivity index (χ3v) is 3.61. The van der Waals surface area contributed by atoms with Crippen molar-refractivity contribution < 1.29 is 0 Å². The number of rotatable bonds is 4. The predicted octanol–water partition coefficient (Wildman–Crippen LogP) is 3.32. The fourth-order valence-electron chi connectivity index (χ4n) is 2.01. The van der Waals surface area contributed by atoms with Crippen molar-refractivity contribution in [3.05, 3.63) is 63.6 Å². The second kappa shape index (κ2) is 6.26. The Morgan fingerprint density at radius 1 is 1.11 bits per heavy atom. The number of nitrogens with two attached hydrogens (primary N) is 2. The van der Waals surface area contributed by atoms with Crippen LogP contribution in [-0.2, 0) is 6.42 Å². The number of nitrogen functional groups attached to an aromatic ring is 1. The first kappa shape index (κ1) is 14.2. The number of benzene rings is 2. The van der Waals surface area contributed by atoms with Gasteiger partial charge in [0.2, 0.25) is 0 Å². The van der Waals surface area contributed by atoms with E-state index in [1.165, 1.54) is 0 Å². The van der Waals surface area contributed by atoms with E-state index in [4.69, 9.17) is 34.8 Å². The molecule has 2 aromatic carbocycles. The van der Waals surface area contributed by atoms with Crippen LogP contribution in [0.25, 0.3) is 0 Å². The Labute approximate surface area is 122 Å². The molecule has 19 heavy (non-hydrogen) atoms. The van der Waals surface area contributed by atoms with Gasteiger partial charge in [0.1, 0.15) is 0 Å². The first-order valence-corrected chi connectivity index (χ1v) is 6.62. The van der Waals surface area contributed by atoms with Crippen LogP contribution in [0, 0.1) is 0 Å². The third kappa shape index (κ3) is 3.39. The molecule has 0 heterocycles. The summed E-state index contributed by atoms with van der Waals surface area (Å²) in [6.45, 7) is 0. The minimum absolute atomic E-state index is 0.114. The Kier molecular flexibility index (Phi) is 4.66. The Bertz CT molecular complexity index is 572. The van der Waals surface area contributed by atoms with Crippen LogP contribution < -0.4 is 17.0 Å². The highest BCUT2D eigenvalue weighted by Crippen LogP contribution is 2.28. The van der Waals surface area contributed by atoms with E-state index in [1.807, 2.05) is 30.3 Å². The van der Waals surface area contributed by atoms with Gasteiger partial charge in [-0.05, 0) is 35.7 Å². The van der Waals surface area contributed by atoms with Crippen LogP contribution in [0.2, 0.25) is 10.0 Å². The van der Waals surface area contributed by atoms with Gasteiger partial charge in [-0.15, -0.1) is 0 Å². The summed E-state index contributed by atoms with van der Waals surface area (Å²) in [6, 6.07) is 12.9. The predicted molar refractivity (Wildman–Crippen MR) is 81.1 cm³/mol. The summed E-state index contributed by atoms with van der Waals surface area (Å²) < 4.78 is 0. The SMILES string of the molecule is NNC(Cc1ccccc1Cl)c1ccc(Cl)cc1N. The van der Waals surface area contributed by atoms with Crippen molar-refractivity contribution in [1.29, 1.82) is 0 Å². The topological polar surface area (TPSA) is 64.1 Å². The molecule has 0 fully saturated rings. The Morgan fingerprint density at radius 2 is 1.84 bits per heavy atom. The molecule has 0 aromatic heterocycles. The summed E-state index contributed by atoms with van der Waals surface area (Å²) in [5, 5.41) is 1.32. The molecule has 5 heteroatoms. The fourth-order valence-corrected chi connectivity index (χ4v) is 2.40. The molecule has 2 aromatic rings. The Hall–Kier alpha value is -1.26. The minimum Gasteiger partial charge on any atom is -0.398 e. The lowest BCUT2D eigenvalue weighted by Gasteiger charge is -2.19. The van der Waals surface area contributed by atoms with Gasteiger partial charge < -0.3 is 5.73 Å². The highest BCUT2D eigenvalue weighted by Gasteiger charge is 2.15. The maximum atomic E-state index is 6.16. The molecule has 0 amide bonds. The molecule has 3 nitrogen and oxygen atoms in total. The van der Waals surface area contributed by atoms with E-state index in [0.717, 1.165) is 16.1 Å². The molecule has 100 valence electrons. The molecule has 5 N–H and O–H groups in total. The summed E-state index contributed by atoms with van der Waals surface area (Å²) in [7, 11) is 0. The van der Waals surface area contributed by atoms with E-state index in [-0.39, 0.29) is 6.04 Å². The third-order valence-electron chi connectivity index (χ3n) is 3.01. The smallest absolute Gasteiger partial charge is 0.0521 e. The number of hydrogen-bond acceptors (Lipinski definition) is 3. The van der Waals surface area contributed by atoms with Crippen molar-refractivity contribution in [3.63, 3.8) is 0 Å². The number of hydrazine groups is 1. The lowest BCUT2D eigenvalue weighted by atomic mass is 9.98. The van der Waals surface area contributed by atoms with E-state index >= 15 is 0 Å². The highest BCUT2D eigenvalue weighted by molar-refractivity contribution is 6.31. The molecule has 0 bridgehead atoms. The van der Waals surface area contributed by atoms with Gasteiger partial charge in [0.25, 0.3) is 0 Å². The van der Waals surface area contributed by atoms with Gasteiger partial charge in [0.15, 0.2) is 0 Å². The van der Waals surface area contributed by atoms with Gasteiger partial charge in [0, 0.05) is 15.7 Å². The van der Waals surface area contributed by atoms with Gasteiger partial charge in [0.05, 0.1) is 6.04 Å². The van der Waals surface area contributed by atoms with Crippen molar-refractivity contribution in [3.8, 4) is 0 Å². The normalized spacial score (nSPS) is 12.4. The Morgan fingerprint density at radius 3 is 2.47 bits per heavy atom. The summed E-state index contributed by atoms with van der Waals surface area (Å²) in [6.07, 6.45) is 0.655. The van der Waals surface area contributed by atoms with Crippen LogP contribution in [0.15, 0.2) is 42.5 Å². The molecule has 0 radical (unpaired) electrons. The monoisotopic (exact) mass is 295 g/mol. The van der Waals surface area contributed by atoms with E-state index in [0.29, 0.717) is 17.1 Å². The molecule has 1 unspecified atom stereocenters. The zero-order valence-corrected chi connectivity index (χ0v) is 11.7. The van der Waals surface area contributed by atoms with Crippen LogP contribution in [0.4, 0.5) is 5.69 Å². The zero-order chi connectivity index (χ0) is 13.8. The van der Waals surface area contributed by atoms with Gasteiger partial charge in [-0.1, -0.05) is 47.5 Å². The summed E-state index contributed by atoms with van der Waals surface area (Å²) >= 11 is 12.1. The second-order valence-electron chi connectivity index (χ2n) is 4.29. The zero-order valence-electron chi connectivity index (χ0n) is 10.2. The van der Waals surface area contributed by atoms with E-state index in [9.17, 15) is 0 Å². The number of halogens is 2. The fraction of sp³-hybridized carbons (Fsp3) is 0.143. The molecular formula is C14H15Cl2N3. The quantitative estimate of drug-likeness (QED) is 0.461. The van der Waals surface area contributed by atoms with E-state index in [1.54, 1.807) is 12.1 Å². The van der Waals surface area contributed by atoms with Crippen LogP contribution >= 0.6 is 23.2 Å². The molecule has 1 atom stereocenters. The van der Waals surface area contributed by atoms with Gasteiger partial charge in [-0.3, -0.25) is 11.3 Å². The standard InChI is InChI=1S/C14H15Cl2N3/c15-10-5-6-11(13(17)8-10)14(19-18)7-9-3-1-2-4-12(9)16/h1-6,8,14,19H,7,17-18H2. The number of hydrogen-bond donors (Lipinski definition) is 3. The molecule has 0 aliphatic rings. The second-order valence-corrected chi connectivity index (χ2v) is 5.13. The molecule has 0 aliphatic carbocycles. The van der Waals surface area contributed by atoms with Crippen molar-refractivity contribution in [2.24, 2.45) is 5.84 Å². The molecule has 2 rings (SSSR count). The highest BCUT2D eigenvalue weighted by atomic mass is 35.5. The summed E-state index contributed by atoms with van der Waals surface area (Å²) in [4.78, 5) is 0. The van der Waals surface area contributed by atoms with Crippen LogP contribution in [0.1, 0.15) is 17.2 Å². The summed E-state index contributed by atoms with van der Waals surface area (Å²) in [5.41, 5.74) is 11.3. The largest absolute Gasteiger partial charge is 0.398 e. The van der Waals surface area contributed by atoms with Crippen LogP contribution in [0.3, 0.4) is 0 Å². The van der Waals surface area contributed by atoms with Gasteiger partial charge in [-0.25, -0.2) is 0 Å². The Balaban J connectivity index is 2.28. The minimum atomic E-state index is -0.114. The first-order chi connectivity index (χ1) is 9.11. The molecule has 0 spiro atoms. The maximum Gasteiger partial charge on any atom is 0.0521 e. The van der Waals surface area contributed by atoms with Crippen molar-refractivity contribution in [2.75, 3.05) is 5.73 Å². The van der Waals surface area contributed by atoms with Crippen molar-refractivity contribution >= 4 is 28.9 Å². The average Bonchev–Trinajstić information content (AvgIpc) is 2.39. The van der Waals surface area contributed by atoms with E-state index in [2.05, 4.69) is 5.43 Å². The lowest BCUT2D eigenvalue weighted by molar-refractivity contribution is 0.553. The molecule has 0 aliphatic heterocycles. The number of nitrogens with one attached hydrogen (secondary N) is 1. The average molecular weight is 296 g/mol. The lowest BCUT2D eigenvalue weighted by Crippen LogP contribution is -2.30. The van der Waals surface area contributed by atoms with Gasteiger partial charge in [-0.2, -0.15) is 0 Å². The van der Waals surface area contributed by atoms with Gasteiger partial charge >= 0.3 is 0 Å². The number of anilines is 1. The van der Waals surface area contributed by atoms with E-state index < -0.39 is 0 Å².